The summed E-state index contributed by atoms with van der Waals surface area (Å²) in [5.74, 6) is 0.274. The molecule has 1 aliphatic heterocycles. The Morgan fingerprint density at radius 1 is 1.22 bits per heavy atom. The van der Waals surface area contributed by atoms with Crippen molar-refractivity contribution in [1.29, 1.82) is 0 Å². The molecule has 0 unspecified atom stereocenters. The average Bonchev–Trinajstić information content (AvgIpc) is 2.77. The third-order valence-electron chi connectivity index (χ3n) is 4.57. The van der Waals surface area contributed by atoms with Crippen molar-refractivity contribution >= 4 is 5.91 Å². The van der Waals surface area contributed by atoms with Gasteiger partial charge in [-0.3, -0.25) is 4.79 Å². The summed E-state index contributed by atoms with van der Waals surface area (Å²) < 4.78 is 0. The molecule has 96 valence electrons. The lowest BCUT2D eigenvalue weighted by Crippen LogP contribution is -2.42. The molecule has 3 rings (SSSR count). The van der Waals surface area contributed by atoms with E-state index in [0.29, 0.717) is 13.0 Å². The van der Waals surface area contributed by atoms with E-state index in [9.17, 15) is 4.79 Å². The summed E-state index contributed by atoms with van der Waals surface area (Å²) >= 11 is 0. The maximum atomic E-state index is 12.4. The molecule has 1 saturated carbocycles. The molecule has 0 spiro atoms. The Balaban J connectivity index is 1.66. The molecule has 0 aromatic heterocycles. The SMILES string of the molecule is NCC1(CC(=O)N2Cc3ccccc3C2)CCC1. The van der Waals surface area contributed by atoms with Crippen molar-refractivity contribution < 1.29 is 4.79 Å². The summed E-state index contributed by atoms with van der Waals surface area (Å²) in [5, 5.41) is 0. The molecule has 1 heterocycles. The van der Waals surface area contributed by atoms with E-state index in [2.05, 4.69) is 12.1 Å². The van der Waals surface area contributed by atoms with Crippen molar-refractivity contribution in [2.45, 2.75) is 38.8 Å². The molecule has 0 radical (unpaired) electrons. The van der Waals surface area contributed by atoms with Crippen LogP contribution < -0.4 is 5.73 Å². The fourth-order valence-electron chi connectivity index (χ4n) is 3.07. The van der Waals surface area contributed by atoms with Crippen molar-refractivity contribution in [3.05, 3.63) is 35.4 Å². The highest BCUT2D eigenvalue weighted by atomic mass is 16.2. The van der Waals surface area contributed by atoms with Crippen LogP contribution in [0.3, 0.4) is 0 Å². The quantitative estimate of drug-likeness (QED) is 0.884. The number of rotatable bonds is 3. The van der Waals surface area contributed by atoms with Gasteiger partial charge in [0.1, 0.15) is 0 Å². The van der Waals surface area contributed by atoms with Gasteiger partial charge in [-0.1, -0.05) is 30.7 Å². The molecule has 18 heavy (non-hydrogen) atoms. The number of benzene rings is 1. The Hall–Kier alpha value is -1.35. The van der Waals surface area contributed by atoms with E-state index in [1.54, 1.807) is 0 Å². The number of hydrogen-bond donors (Lipinski definition) is 1. The van der Waals surface area contributed by atoms with Gasteiger partial charge >= 0.3 is 0 Å². The number of nitrogens with zero attached hydrogens (tertiary/aromatic N) is 1. The second-order valence-electron chi connectivity index (χ2n) is 5.75. The highest BCUT2D eigenvalue weighted by Gasteiger charge is 2.39. The van der Waals surface area contributed by atoms with Crippen LogP contribution in [-0.4, -0.2) is 17.4 Å². The minimum absolute atomic E-state index is 0.117. The molecule has 1 fully saturated rings. The molecular weight excluding hydrogens is 224 g/mol. The van der Waals surface area contributed by atoms with Gasteiger partial charge in [-0.2, -0.15) is 0 Å². The monoisotopic (exact) mass is 244 g/mol. The first-order valence-electron chi connectivity index (χ1n) is 6.77. The van der Waals surface area contributed by atoms with Crippen LogP contribution in [0, 0.1) is 5.41 Å². The van der Waals surface area contributed by atoms with Gasteiger partial charge in [0.15, 0.2) is 0 Å². The Bertz CT molecular complexity index is 435. The maximum Gasteiger partial charge on any atom is 0.223 e. The summed E-state index contributed by atoms with van der Waals surface area (Å²) in [4.78, 5) is 14.3. The molecule has 0 bridgehead atoms. The predicted molar refractivity (Wildman–Crippen MR) is 70.7 cm³/mol. The van der Waals surface area contributed by atoms with E-state index in [1.165, 1.54) is 17.5 Å². The molecule has 0 saturated heterocycles. The summed E-state index contributed by atoms with van der Waals surface area (Å²) in [6.07, 6.45) is 4.11. The van der Waals surface area contributed by atoms with E-state index in [-0.39, 0.29) is 11.3 Å². The van der Waals surface area contributed by atoms with Crippen molar-refractivity contribution in [3.63, 3.8) is 0 Å². The Kier molecular flexibility index (Phi) is 2.86. The smallest absolute Gasteiger partial charge is 0.223 e. The number of amides is 1. The van der Waals surface area contributed by atoms with Crippen LogP contribution >= 0.6 is 0 Å². The topological polar surface area (TPSA) is 46.3 Å². The number of carbonyl (C=O) groups excluding carboxylic acids is 1. The minimum atomic E-state index is 0.117. The van der Waals surface area contributed by atoms with Crippen molar-refractivity contribution in [2.24, 2.45) is 11.1 Å². The van der Waals surface area contributed by atoms with Crippen LogP contribution in [0.15, 0.2) is 24.3 Å². The van der Waals surface area contributed by atoms with Gasteiger partial charge in [-0.05, 0) is 35.9 Å². The summed E-state index contributed by atoms with van der Waals surface area (Å²) in [5.41, 5.74) is 8.53. The van der Waals surface area contributed by atoms with Gasteiger partial charge < -0.3 is 10.6 Å². The fraction of sp³-hybridized carbons (Fsp3) is 0.533. The molecule has 2 aliphatic rings. The Morgan fingerprint density at radius 3 is 2.28 bits per heavy atom. The Labute approximate surface area is 108 Å². The summed E-state index contributed by atoms with van der Waals surface area (Å²) in [7, 11) is 0. The van der Waals surface area contributed by atoms with Gasteiger partial charge in [0.05, 0.1) is 0 Å². The van der Waals surface area contributed by atoms with Crippen molar-refractivity contribution in [2.75, 3.05) is 6.54 Å². The van der Waals surface area contributed by atoms with Gasteiger partial charge in [-0.25, -0.2) is 0 Å². The highest BCUT2D eigenvalue weighted by molar-refractivity contribution is 5.78. The number of carbonyl (C=O) groups is 1. The van der Waals surface area contributed by atoms with E-state index in [1.807, 2.05) is 17.0 Å². The standard InChI is InChI=1S/C15H20N2O/c16-11-15(6-3-7-15)8-14(18)17-9-12-4-1-2-5-13(12)10-17/h1-2,4-5H,3,6-11,16H2. The van der Waals surface area contributed by atoms with Crippen LogP contribution in [0.2, 0.25) is 0 Å². The fourth-order valence-corrected chi connectivity index (χ4v) is 3.07. The number of fused-ring (bicyclic) bond motifs is 1. The maximum absolute atomic E-state index is 12.4. The molecule has 3 nitrogen and oxygen atoms in total. The lowest BCUT2D eigenvalue weighted by Gasteiger charge is -2.41. The highest BCUT2D eigenvalue weighted by Crippen LogP contribution is 2.43. The van der Waals surface area contributed by atoms with Crippen LogP contribution in [0.1, 0.15) is 36.8 Å². The lowest BCUT2D eigenvalue weighted by molar-refractivity contribution is -0.135. The zero-order valence-corrected chi connectivity index (χ0v) is 10.7. The molecule has 0 atom stereocenters. The zero-order chi connectivity index (χ0) is 12.6. The molecule has 1 aromatic carbocycles. The second kappa shape index (κ2) is 4.39. The lowest BCUT2D eigenvalue weighted by atomic mass is 9.66. The first-order chi connectivity index (χ1) is 8.72. The van der Waals surface area contributed by atoms with Gasteiger partial charge in [0, 0.05) is 19.5 Å². The van der Waals surface area contributed by atoms with Crippen LogP contribution in [0.4, 0.5) is 0 Å². The molecule has 1 amide bonds. The molecule has 1 aromatic rings. The molecular formula is C15H20N2O. The first-order valence-corrected chi connectivity index (χ1v) is 6.77. The van der Waals surface area contributed by atoms with E-state index < -0.39 is 0 Å². The zero-order valence-electron chi connectivity index (χ0n) is 10.7. The van der Waals surface area contributed by atoms with Crippen LogP contribution in [-0.2, 0) is 17.9 Å². The van der Waals surface area contributed by atoms with Crippen molar-refractivity contribution in [3.8, 4) is 0 Å². The van der Waals surface area contributed by atoms with Gasteiger partial charge in [0.25, 0.3) is 0 Å². The van der Waals surface area contributed by atoms with Crippen LogP contribution in [0.25, 0.3) is 0 Å². The normalized spacial score (nSPS) is 20.4. The largest absolute Gasteiger partial charge is 0.334 e. The van der Waals surface area contributed by atoms with Gasteiger partial charge in [-0.15, -0.1) is 0 Å². The third-order valence-corrected chi connectivity index (χ3v) is 4.57. The van der Waals surface area contributed by atoms with Crippen LogP contribution in [0.5, 0.6) is 0 Å². The van der Waals surface area contributed by atoms with Gasteiger partial charge in [0.2, 0.25) is 5.91 Å². The van der Waals surface area contributed by atoms with E-state index in [0.717, 1.165) is 25.9 Å². The number of hydrogen-bond acceptors (Lipinski definition) is 2. The first kappa shape index (κ1) is 11.7. The average molecular weight is 244 g/mol. The predicted octanol–water partition coefficient (Wildman–Crippen LogP) is 2.05. The molecule has 2 N–H and O–H groups in total. The van der Waals surface area contributed by atoms with Crippen molar-refractivity contribution in [1.82, 2.24) is 4.90 Å². The minimum Gasteiger partial charge on any atom is -0.334 e. The molecule has 1 aliphatic carbocycles. The molecule has 3 heteroatoms. The summed E-state index contributed by atoms with van der Waals surface area (Å²) in [6, 6.07) is 8.32. The Morgan fingerprint density at radius 2 is 1.83 bits per heavy atom. The third kappa shape index (κ3) is 1.93. The summed E-state index contributed by atoms with van der Waals surface area (Å²) in [6.45, 7) is 2.20. The van der Waals surface area contributed by atoms with E-state index in [4.69, 9.17) is 5.73 Å². The van der Waals surface area contributed by atoms with E-state index >= 15 is 0 Å². The second-order valence-corrected chi connectivity index (χ2v) is 5.75. The number of nitrogens with two attached hydrogens (primary N) is 1.